The van der Waals surface area contributed by atoms with Crippen LogP contribution >= 0.6 is 0 Å². The lowest BCUT2D eigenvalue weighted by atomic mass is 10.4. The van der Waals surface area contributed by atoms with Gasteiger partial charge in [-0.25, -0.2) is 4.18 Å². The molecule has 0 aromatic rings. The zero-order valence-electron chi connectivity index (χ0n) is 11.9. The van der Waals surface area contributed by atoms with Gasteiger partial charge in [0, 0.05) is 26.2 Å². The van der Waals surface area contributed by atoms with Crippen molar-refractivity contribution >= 4 is 10.4 Å². The first-order chi connectivity index (χ1) is 9.91. The van der Waals surface area contributed by atoms with E-state index in [2.05, 4.69) is 4.18 Å². The maximum atomic E-state index is 9.92. The van der Waals surface area contributed by atoms with Gasteiger partial charge < -0.3 is 25.8 Å². The highest BCUT2D eigenvalue weighted by Gasteiger charge is 2.02. The fourth-order valence-electron chi connectivity index (χ4n) is 1.14. The second kappa shape index (κ2) is 16.0. The van der Waals surface area contributed by atoms with Crippen LogP contribution in [0.1, 0.15) is 0 Å². The molecule has 0 radical (unpaired) electrons. The third kappa shape index (κ3) is 22.1. The van der Waals surface area contributed by atoms with Gasteiger partial charge in [0.2, 0.25) is 0 Å². The van der Waals surface area contributed by atoms with Crippen molar-refractivity contribution in [1.82, 2.24) is 4.90 Å². The molecule has 0 fully saturated rings. The lowest BCUT2D eigenvalue weighted by molar-refractivity contribution is 0.103. The van der Waals surface area contributed by atoms with Crippen molar-refractivity contribution in [2.75, 3.05) is 65.8 Å². The van der Waals surface area contributed by atoms with Crippen LogP contribution in [-0.2, 0) is 19.3 Å². The molecule has 0 amide bonds. The Bertz CT molecular complexity index is 287. The quantitative estimate of drug-likeness (QED) is 0.184. The Morgan fingerprint density at radius 3 is 1.71 bits per heavy atom. The highest BCUT2D eigenvalue weighted by molar-refractivity contribution is 7.80. The topological polar surface area (TPSA) is 163 Å². The molecule has 130 valence electrons. The van der Waals surface area contributed by atoms with E-state index in [1.54, 1.807) is 4.90 Å². The van der Waals surface area contributed by atoms with Crippen molar-refractivity contribution in [3.63, 3.8) is 0 Å². The minimum Gasteiger partial charge on any atom is -0.395 e. The summed E-state index contributed by atoms with van der Waals surface area (Å²) in [5.74, 6) is 0. The van der Waals surface area contributed by atoms with E-state index in [1.807, 2.05) is 0 Å². The molecule has 10 nitrogen and oxygen atoms in total. The van der Waals surface area contributed by atoms with Crippen LogP contribution in [0.2, 0.25) is 0 Å². The van der Waals surface area contributed by atoms with Crippen molar-refractivity contribution in [3.8, 4) is 0 Å². The van der Waals surface area contributed by atoms with Gasteiger partial charge in [0.25, 0.3) is 0 Å². The first-order valence-corrected chi connectivity index (χ1v) is 7.72. The Labute approximate surface area is 125 Å². The first-order valence-electron chi connectivity index (χ1n) is 6.35. The predicted molar refractivity (Wildman–Crippen MR) is 75.1 cm³/mol. The number of aliphatic hydroxyl groups excluding tert-OH is 3. The number of nitrogens with two attached hydrogens (primary N) is 1. The third-order valence-electron chi connectivity index (χ3n) is 1.97. The SMILES string of the molecule is NCCOCCOS(=O)(=O)O.OCCN(CCO)CCO. The summed E-state index contributed by atoms with van der Waals surface area (Å²) in [5, 5.41) is 25.5. The number of ether oxygens (including phenoxy) is 1. The molecule has 0 aromatic heterocycles. The predicted octanol–water partition coefficient (Wildman–Crippen LogP) is -2.95. The monoisotopic (exact) mass is 334 g/mol. The van der Waals surface area contributed by atoms with Gasteiger partial charge in [-0.05, 0) is 0 Å². The summed E-state index contributed by atoms with van der Waals surface area (Å²) in [6.07, 6.45) is 0. The number of hydrogen-bond donors (Lipinski definition) is 5. The molecule has 0 aliphatic heterocycles. The van der Waals surface area contributed by atoms with E-state index in [-0.39, 0.29) is 33.0 Å². The molecular weight excluding hydrogens is 308 g/mol. The molecule has 0 rings (SSSR count). The van der Waals surface area contributed by atoms with Gasteiger partial charge in [0.05, 0.1) is 39.6 Å². The molecule has 0 atom stereocenters. The Hall–Kier alpha value is -0.370. The Morgan fingerprint density at radius 2 is 1.38 bits per heavy atom. The summed E-state index contributed by atoms with van der Waals surface area (Å²) >= 11 is 0. The Kier molecular flexibility index (Phi) is 17.5. The fraction of sp³-hybridized carbons (Fsp3) is 1.00. The molecular formula is C10H26N2O8S. The smallest absolute Gasteiger partial charge is 0.395 e. The van der Waals surface area contributed by atoms with Crippen molar-refractivity contribution < 1.29 is 37.2 Å². The summed E-state index contributed by atoms with van der Waals surface area (Å²) < 4.78 is 36.6. The summed E-state index contributed by atoms with van der Waals surface area (Å²) in [6.45, 7) is 2.36. The molecule has 11 heteroatoms. The second-order valence-electron chi connectivity index (χ2n) is 3.66. The summed E-state index contributed by atoms with van der Waals surface area (Å²) in [7, 11) is -4.32. The molecule has 0 spiro atoms. The minimum atomic E-state index is -4.32. The average molecular weight is 334 g/mol. The average Bonchev–Trinajstić information content (AvgIpc) is 2.39. The van der Waals surface area contributed by atoms with Crippen LogP contribution in [0.4, 0.5) is 0 Å². The molecule has 6 N–H and O–H groups in total. The number of rotatable bonds is 12. The number of hydrogen-bond acceptors (Lipinski definition) is 9. The van der Waals surface area contributed by atoms with Crippen LogP contribution in [0, 0.1) is 0 Å². The lowest BCUT2D eigenvalue weighted by Gasteiger charge is -2.17. The van der Waals surface area contributed by atoms with Crippen molar-refractivity contribution in [2.45, 2.75) is 0 Å². The second-order valence-corrected chi connectivity index (χ2v) is 4.75. The van der Waals surface area contributed by atoms with E-state index in [1.165, 1.54) is 0 Å². The molecule has 0 saturated carbocycles. The fourth-order valence-corrected chi connectivity index (χ4v) is 1.42. The molecule has 21 heavy (non-hydrogen) atoms. The maximum absolute atomic E-state index is 9.92. The van der Waals surface area contributed by atoms with Gasteiger partial charge in [-0.3, -0.25) is 9.45 Å². The van der Waals surface area contributed by atoms with Crippen LogP contribution < -0.4 is 5.73 Å². The largest absolute Gasteiger partial charge is 0.397 e. The summed E-state index contributed by atoms with van der Waals surface area (Å²) in [5.41, 5.74) is 5.06. The Balaban J connectivity index is 0. The van der Waals surface area contributed by atoms with Crippen LogP contribution in [0.3, 0.4) is 0 Å². The molecule has 0 saturated heterocycles. The minimum absolute atomic E-state index is 0.0694. The van der Waals surface area contributed by atoms with E-state index in [0.717, 1.165) is 0 Å². The molecule has 0 aliphatic rings. The molecule has 0 aliphatic carbocycles. The number of nitrogens with zero attached hydrogens (tertiary/aromatic N) is 1. The van der Waals surface area contributed by atoms with E-state index < -0.39 is 10.4 Å². The third-order valence-corrected chi connectivity index (χ3v) is 2.44. The first kappa shape index (κ1) is 22.9. The molecule has 0 aromatic carbocycles. The van der Waals surface area contributed by atoms with Crippen LogP contribution in [0.15, 0.2) is 0 Å². The zero-order chi connectivity index (χ0) is 16.6. The van der Waals surface area contributed by atoms with Gasteiger partial charge in [-0.2, -0.15) is 8.42 Å². The van der Waals surface area contributed by atoms with E-state index in [0.29, 0.717) is 32.8 Å². The van der Waals surface area contributed by atoms with Crippen molar-refractivity contribution in [3.05, 3.63) is 0 Å². The molecule has 0 bridgehead atoms. The van der Waals surface area contributed by atoms with Crippen molar-refractivity contribution in [2.24, 2.45) is 5.73 Å². The van der Waals surface area contributed by atoms with Crippen LogP contribution in [0.5, 0.6) is 0 Å². The van der Waals surface area contributed by atoms with Crippen LogP contribution in [0.25, 0.3) is 0 Å². The summed E-state index contributed by atoms with van der Waals surface area (Å²) in [6, 6.07) is 0. The van der Waals surface area contributed by atoms with Gasteiger partial charge in [0.1, 0.15) is 0 Å². The molecule has 0 heterocycles. The Morgan fingerprint density at radius 1 is 0.905 bits per heavy atom. The van der Waals surface area contributed by atoms with Crippen molar-refractivity contribution in [1.29, 1.82) is 0 Å². The molecule has 0 unspecified atom stereocenters. The standard InChI is InChI=1S/C6H15NO3.C4H11NO5S/c8-4-1-7(2-5-9)3-6-10;5-1-2-9-3-4-10-11(6,7)8/h8-10H,1-6H2;1-5H2,(H,6,7,8). The van der Waals surface area contributed by atoms with E-state index >= 15 is 0 Å². The highest BCUT2D eigenvalue weighted by atomic mass is 32.3. The van der Waals surface area contributed by atoms with Gasteiger partial charge in [-0.1, -0.05) is 0 Å². The normalized spacial score (nSPS) is 11.3. The van der Waals surface area contributed by atoms with Crippen LogP contribution in [-0.4, -0.2) is 99.0 Å². The van der Waals surface area contributed by atoms with E-state index in [4.69, 9.17) is 30.3 Å². The van der Waals surface area contributed by atoms with E-state index in [9.17, 15) is 8.42 Å². The van der Waals surface area contributed by atoms with Gasteiger partial charge in [-0.15, -0.1) is 0 Å². The lowest BCUT2D eigenvalue weighted by Crippen LogP contribution is -2.32. The van der Waals surface area contributed by atoms with Gasteiger partial charge >= 0.3 is 10.4 Å². The zero-order valence-corrected chi connectivity index (χ0v) is 12.7. The van der Waals surface area contributed by atoms with Gasteiger partial charge in [0.15, 0.2) is 0 Å². The summed E-state index contributed by atoms with van der Waals surface area (Å²) in [4.78, 5) is 1.79. The number of aliphatic hydroxyl groups is 3. The highest BCUT2D eigenvalue weighted by Crippen LogP contribution is 1.85. The maximum Gasteiger partial charge on any atom is 0.397 e.